The summed E-state index contributed by atoms with van der Waals surface area (Å²) in [6.45, 7) is 11.1. The Kier molecular flexibility index (Phi) is 5.32. The van der Waals surface area contributed by atoms with Crippen molar-refractivity contribution >= 4 is 16.9 Å². The van der Waals surface area contributed by atoms with Crippen molar-refractivity contribution in [3.63, 3.8) is 0 Å². The van der Waals surface area contributed by atoms with E-state index in [1.807, 2.05) is 31.9 Å². The Hall–Kier alpha value is -1.95. The zero-order chi connectivity index (χ0) is 19.0. The summed E-state index contributed by atoms with van der Waals surface area (Å²) < 4.78 is 1.77. The van der Waals surface area contributed by atoms with E-state index in [-0.39, 0.29) is 5.91 Å². The number of carbonyl (C=O) groups is 1. The molecule has 0 spiro atoms. The van der Waals surface area contributed by atoms with Crippen molar-refractivity contribution in [2.45, 2.75) is 46.6 Å². The molecule has 0 bridgehead atoms. The smallest absolute Gasteiger partial charge is 0.254 e. The highest BCUT2D eigenvalue weighted by Gasteiger charge is 2.27. The molecule has 0 N–H and O–H groups in total. The second kappa shape index (κ2) is 7.35. The first-order valence-electron chi connectivity index (χ1n) is 9.58. The van der Waals surface area contributed by atoms with Gasteiger partial charge >= 0.3 is 0 Å². The van der Waals surface area contributed by atoms with Crippen LogP contribution < -0.4 is 0 Å². The molecule has 26 heavy (non-hydrogen) atoms. The summed E-state index contributed by atoms with van der Waals surface area (Å²) in [7, 11) is 4.07. The molecule has 3 rings (SSSR count). The van der Waals surface area contributed by atoms with Crippen LogP contribution >= 0.6 is 0 Å². The quantitative estimate of drug-likeness (QED) is 0.844. The first kappa shape index (κ1) is 18.8. The summed E-state index contributed by atoms with van der Waals surface area (Å²) >= 11 is 0. The molecule has 0 saturated carbocycles. The maximum Gasteiger partial charge on any atom is 0.254 e. The third-order valence-corrected chi connectivity index (χ3v) is 5.66. The topological polar surface area (TPSA) is 54.3 Å². The average molecular weight is 358 g/mol. The normalized spacial score (nSPS) is 16.2. The fraction of sp³-hybridized carbons (Fsp3) is 0.650. The van der Waals surface area contributed by atoms with Gasteiger partial charge in [0, 0.05) is 38.4 Å². The van der Waals surface area contributed by atoms with Gasteiger partial charge in [0.1, 0.15) is 0 Å². The third-order valence-electron chi connectivity index (χ3n) is 5.66. The molecule has 3 heterocycles. The van der Waals surface area contributed by atoms with E-state index in [0.29, 0.717) is 12.0 Å². The van der Waals surface area contributed by atoms with Gasteiger partial charge < -0.3 is 9.80 Å². The van der Waals surface area contributed by atoms with Gasteiger partial charge in [0.15, 0.2) is 5.65 Å². The molecule has 1 saturated heterocycles. The SMILES string of the molecule is Cc1cc(C(=O)N2CCC(CN(C)C(C)C)CC2)c2c(C)nn(C)c2n1. The Bertz CT molecular complexity index is 802. The lowest BCUT2D eigenvalue weighted by Crippen LogP contribution is -2.42. The molecule has 2 aromatic heterocycles. The van der Waals surface area contributed by atoms with Gasteiger partial charge in [-0.15, -0.1) is 0 Å². The first-order chi connectivity index (χ1) is 12.3. The minimum atomic E-state index is 0.118. The van der Waals surface area contributed by atoms with Crippen LogP contribution in [0.4, 0.5) is 0 Å². The van der Waals surface area contributed by atoms with Crippen LogP contribution in [0.2, 0.25) is 0 Å². The number of aryl methyl sites for hydroxylation is 3. The lowest BCUT2D eigenvalue weighted by molar-refractivity contribution is 0.0668. The van der Waals surface area contributed by atoms with Crippen molar-refractivity contribution in [1.82, 2.24) is 24.6 Å². The zero-order valence-electron chi connectivity index (χ0n) is 16.9. The second-order valence-electron chi connectivity index (χ2n) is 7.99. The maximum atomic E-state index is 13.2. The van der Waals surface area contributed by atoms with Gasteiger partial charge in [0.05, 0.1) is 16.6 Å². The molecule has 1 aliphatic heterocycles. The summed E-state index contributed by atoms with van der Waals surface area (Å²) in [4.78, 5) is 22.2. The van der Waals surface area contributed by atoms with E-state index in [1.54, 1.807) is 4.68 Å². The summed E-state index contributed by atoms with van der Waals surface area (Å²) in [6.07, 6.45) is 2.14. The predicted octanol–water partition coefficient (Wildman–Crippen LogP) is 2.78. The number of hydrogen-bond acceptors (Lipinski definition) is 4. The molecule has 1 fully saturated rings. The van der Waals surface area contributed by atoms with E-state index in [2.05, 4.69) is 35.9 Å². The lowest BCUT2D eigenvalue weighted by atomic mass is 9.95. The Labute approximate surface area is 156 Å². The monoisotopic (exact) mass is 357 g/mol. The van der Waals surface area contributed by atoms with Crippen molar-refractivity contribution in [2.24, 2.45) is 13.0 Å². The van der Waals surface area contributed by atoms with Crippen LogP contribution in [0, 0.1) is 19.8 Å². The van der Waals surface area contributed by atoms with Gasteiger partial charge in [-0.3, -0.25) is 9.48 Å². The molecule has 6 nitrogen and oxygen atoms in total. The zero-order valence-corrected chi connectivity index (χ0v) is 16.9. The maximum absolute atomic E-state index is 13.2. The van der Waals surface area contributed by atoms with E-state index in [4.69, 9.17) is 0 Å². The molecular weight excluding hydrogens is 326 g/mol. The number of piperidine rings is 1. The number of amides is 1. The number of rotatable bonds is 4. The minimum Gasteiger partial charge on any atom is -0.339 e. The van der Waals surface area contributed by atoms with Gasteiger partial charge in [-0.05, 0) is 59.6 Å². The Balaban J connectivity index is 1.76. The minimum absolute atomic E-state index is 0.118. The van der Waals surface area contributed by atoms with Crippen LogP contribution in [-0.4, -0.2) is 63.2 Å². The molecule has 1 aliphatic rings. The average Bonchev–Trinajstić information content (AvgIpc) is 2.88. The van der Waals surface area contributed by atoms with Crippen LogP contribution in [-0.2, 0) is 7.05 Å². The molecule has 2 aromatic rings. The highest BCUT2D eigenvalue weighted by atomic mass is 16.2. The third kappa shape index (κ3) is 3.61. The van der Waals surface area contributed by atoms with Gasteiger partial charge in [0.25, 0.3) is 5.91 Å². The fourth-order valence-electron chi connectivity index (χ4n) is 3.85. The van der Waals surface area contributed by atoms with E-state index < -0.39 is 0 Å². The highest BCUT2D eigenvalue weighted by Crippen LogP contribution is 2.25. The summed E-state index contributed by atoms with van der Waals surface area (Å²) in [5, 5.41) is 5.35. The largest absolute Gasteiger partial charge is 0.339 e. The lowest BCUT2D eigenvalue weighted by Gasteiger charge is -2.35. The van der Waals surface area contributed by atoms with E-state index in [9.17, 15) is 4.79 Å². The van der Waals surface area contributed by atoms with Crippen LogP contribution in [0.15, 0.2) is 6.07 Å². The van der Waals surface area contributed by atoms with Crippen molar-refractivity contribution in [2.75, 3.05) is 26.7 Å². The van der Waals surface area contributed by atoms with Gasteiger partial charge in [-0.1, -0.05) is 0 Å². The predicted molar refractivity (Wildman–Crippen MR) is 104 cm³/mol. The molecule has 0 unspecified atom stereocenters. The van der Waals surface area contributed by atoms with Crippen LogP contribution in [0.25, 0.3) is 11.0 Å². The summed E-state index contributed by atoms with van der Waals surface area (Å²) in [6, 6.07) is 2.48. The number of hydrogen-bond donors (Lipinski definition) is 0. The number of carbonyl (C=O) groups excluding carboxylic acids is 1. The Morgan fingerprint density at radius 2 is 1.96 bits per heavy atom. The molecule has 0 radical (unpaired) electrons. The number of nitrogens with zero attached hydrogens (tertiary/aromatic N) is 5. The van der Waals surface area contributed by atoms with Gasteiger partial charge in [-0.2, -0.15) is 5.10 Å². The fourth-order valence-corrected chi connectivity index (χ4v) is 3.85. The number of likely N-dealkylation sites (tertiary alicyclic amines) is 1. The van der Waals surface area contributed by atoms with Crippen molar-refractivity contribution in [3.8, 4) is 0 Å². The highest BCUT2D eigenvalue weighted by molar-refractivity contribution is 6.06. The number of fused-ring (bicyclic) bond motifs is 1. The Morgan fingerprint density at radius 3 is 2.58 bits per heavy atom. The molecular formula is C20H31N5O. The Morgan fingerprint density at radius 1 is 1.31 bits per heavy atom. The molecule has 0 aromatic carbocycles. The molecule has 1 amide bonds. The summed E-state index contributed by atoms with van der Waals surface area (Å²) in [5.41, 5.74) is 3.26. The second-order valence-corrected chi connectivity index (χ2v) is 7.99. The van der Waals surface area contributed by atoms with Crippen molar-refractivity contribution in [3.05, 3.63) is 23.0 Å². The van der Waals surface area contributed by atoms with Gasteiger partial charge in [-0.25, -0.2) is 4.98 Å². The standard InChI is InChI=1S/C20H31N5O/c1-13(2)23(5)12-16-7-9-25(10-8-16)20(26)17-11-14(3)21-19-18(17)15(4)22-24(19)6/h11,13,16H,7-10,12H2,1-6H3. The molecule has 6 heteroatoms. The van der Waals surface area contributed by atoms with E-state index in [1.165, 1.54) is 0 Å². The van der Waals surface area contributed by atoms with E-state index >= 15 is 0 Å². The first-order valence-corrected chi connectivity index (χ1v) is 9.58. The van der Waals surface area contributed by atoms with Crippen LogP contribution in [0.5, 0.6) is 0 Å². The van der Waals surface area contributed by atoms with Gasteiger partial charge in [0.2, 0.25) is 0 Å². The van der Waals surface area contributed by atoms with Crippen molar-refractivity contribution < 1.29 is 4.79 Å². The van der Waals surface area contributed by atoms with Crippen molar-refractivity contribution in [1.29, 1.82) is 0 Å². The number of aromatic nitrogens is 3. The van der Waals surface area contributed by atoms with E-state index in [0.717, 1.165) is 60.5 Å². The van der Waals surface area contributed by atoms with Crippen LogP contribution in [0.1, 0.15) is 48.4 Å². The molecule has 0 atom stereocenters. The van der Waals surface area contributed by atoms with Crippen LogP contribution in [0.3, 0.4) is 0 Å². The molecule has 142 valence electrons. The number of pyridine rings is 1. The summed E-state index contributed by atoms with van der Waals surface area (Å²) in [5.74, 6) is 0.790. The molecule has 0 aliphatic carbocycles.